The van der Waals surface area contributed by atoms with Crippen molar-refractivity contribution in [2.75, 3.05) is 18.9 Å². The minimum absolute atomic E-state index is 0.0965. The van der Waals surface area contributed by atoms with Gasteiger partial charge in [0.05, 0.1) is 17.9 Å². The molecule has 0 bridgehead atoms. The number of ether oxygens (including phenoxy) is 1. The van der Waals surface area contributed by atoms with Crippen LogP contribution in [-0.4, -0.2) is 45.1 Å². The van der Waals surface area contributed by atoms with Crippen LogP contribution < -0.4 is 5.32 Å². The molecular weight excluding hydrogens is 306 g/mol. The van der Waals surface area contributed by atoms with Gasteiger partial charge in [0.25, 0.3) is 0 Å². The Labute approximate surface area is 141 Å². The SMILES string of the molecule is CNc1ccc2nc(C3CCCN3C(=O)OC(C)(C)C)cnc2n1. The highest BCUT2D eigenvalue weighted by Gasteiger charge is 2.34. The molecule has 1 aliphatic heterocycles. The van der Waals surface area contributed by atoms with Crippen molar-refractivity contribution in [3.8, 4) is 0 Å². The molecule has 7 nitrogen and oxygen atoms in total. The molecule has 1 unspecified atom stereocenters. The van der Waals surface area contributed by atoms with Crippen LogP contribution in [0.2, 0.25) is 0 Å². The Bertz CT molecular complexity index is 756. The summed E-state index contributed by atoms with van der Waals surface area (Å²) in [5.74, 6) is 0.751. The van der Waals surface area contributed by atoms with Crippen LogP contribution in [0.15, 0.2) is 18.3 Å². The van der Waals surface area contributed by atoms with Crippen LogP contribution in [0.3, 0.4) is 0 Å². The predicted octanol–water partition coefficient (Wildman–Crippen LogP) is 3.14. The van der Waals surface area contributed by atoms with Crippen LogP contribution in [0, 0.1) is 0 Å². The van der Waals surface area contributed by atoms with Crippen molar-refractivity contribution >= 4 is 23.1 Å². The summed E-state index contributed by atoms with van der Waals surface area (Å²) in [6, 6.07) is 3.65. The summed E-state index contributed by atoms with van der Waals surface area (Å²) in [5, 5.41) is 2.98. The molecule has 1 aliphatic rings. The first-order valence-corrected chi connectivity index (χ1v) is 8.18. The minimum Gasteiger partial charge on any atom is -0.444 e. The third kappa shape index (κ3) is 3.39. The van der Waals surface area contributed by atoms with Crippen LogP contribution in [0.25, 0.3) is 11.2 Å². The van der Waals surface area contributed by atoms with Gasteiger partial charge in [-0.2, -0.15) is 0 Å². The van der Waals surface area contributed by atoms with E-state index in [0.717, 1.165) is 29.9 Å². The molecule has 0 saturated carbocycles. The molecule has 2 aromatic heterocycles. The maximum Gasteiger partial charge on any atom is 0.410 e. The fraction of sp³-hybridized carbons (Fsp3) is 0.529. The Morgan fingerprint density at radius 1 is 1.33 bits per heavy atom. The van der Waals surface area contributed by atoms with E-state index >= 15 is 0 Å². The third-order valence-electron chi connectivity index (χ3n) is 3.90. The van der Waals surface area contributed by atoms with E-state index in [1.54, 1.807) is 11.1 Å². The number of amides is 1. The Morgan fingerprint density at radius 2 is 2.12 bits per heavy atom. The van der Waals surface area contributed by atoms with Crippen molar-refractivity contribution in [2.45, 2.75) is 45.3 Å². The number of carbonyl (C=O) groups excluding carboxylic acids is 1. The topological polar surface area (TPSA) is 80.2 Å². The van der Waals surface area contributed by atoms with Gasteiger partial charge in [0.1, 0.15) is 16.9 Å². The van der Waals surface area contributed by atoms with Crippen LogP contribution in [-0.2, 0) is 4.74 Å². The van der Waals surface area contributed by atoms with Gasteiger partial charge in [0, 0.05) is 13.6 Å². The van der Waals surface area contributed by atoms with E-state index in [4.69, 9.17) is 4.74 Å². The number of rotatable bonds is 2. The van der Waals surface area contributed by atoms with Gasteiger partial charge in [-0.25, -0.2) is 19.7 Å². The monoisotopic (exact) mass is 329 g/mol. The van der Waals surface area contributed by atoms with Gasteiger partial charge in [-0.1, -0.05) is 0 Å². The highest BCUT2D eigenvalue weighted by atomic mass is 16.6. The summed E-state index contributed by atoms with van der Waals surface area (Å²) in [5.41, 5.74) is 1.59. The first-order chi connectivity index (χ1) is 11.4. The molecule has 24 heavy (non-hydrogen) atoms. The van der Waals surface area contributed by atoms with E-state index in [9.17, 15) is 4.79 Å². The molecule has 0 spiro atoms. The lowest BCUT2D eigenvalue weighted by atomic mass is 10.1. The van der Waals surface area contributed by atoms with Crippen molar-refractivity contribution in [3.05, 3.63) is 24.0 Å². The molecular formula is C17H23N5O2. The fourth-order valence-electron chi connectivity index (χ4n) is 2.83. The van der Waals surface area contributed by atoms with Crippen molar-refractivity contribution < 1.29 is 9.53 Å². The smallest absolute Gasteiger partial charge is 0.410 e. The van der Waals surface area contributed by atoms with Gasteiger partial charge in [0.2, 0.25) is 0 Å². The third-order valence-corrected chi connectivity index (χ3v) is 3.90. The van der Waals surface area contributed by atoms with E-state index in [1.807, 2.05) is 40.0 Å². The number of carbonyl (C=O) groups is 1. The summed E-state index contributed by atoms with van der Waals surface area (Å²) in [6.45, 7) is 6.29. The molecule has 1 saturated heterocycles. The summed E-state index contributed by atoms with van der Waals surface area (Å²) in [7, 11) is 1.81. The molecule has 7 heteroatoms. The molecule has 0 radical (unpaired) electrons. The fourth-order valence-corrected chi connectivity index (χ4v) is 2.83. The maximum atomic E-state index is 12.4. The normalized spacial score (nSPS) is 18.0. The number of nitrogens with zero attached hydrogens (tertiary/aromatic N) is 4. The Morgan fingerprint density at radius 3 is 2.83 bits per heavy atom. The van der Waals surface area contributed by atoms with E-state index in [-0.39, 0.29) is 12.1 Å². The van der Waals surface area contributed by atoms with Crippen molar-refractivity contribution in [1.82, 2.24) is 19.9 Å². The van der Waals surface area contributed by atoms with Gasteiger partial charge < -0.3 is 10.1 Å². The van der Waals surface area contributed by atoms with Crippen molar-refractivity contribution in [3.63, 3.8) is 0 Å². The summed E-state index contributed by atoms with van der Waals surface area (Å²) >= 11 is 0. The van der Waals surface area contributed by atoms with E-state index in [0.29, 0.717) is 12.2 Å². The molecule has 1 fully saturated rings. The van der Waals surface area contributed by atoms with Crippen molar-refractivity contribution in [1.29, 1.82) is 0 Å². The lowest BCUT2D eigenvalue weighted by molar-refractivity contribution is 0.0221. The van der Waals surface area contributed by atoms with Crippen LogP contribution >= 0.6 is 0 Å². The minimum atomic E-state index is -0.507. The molecule has 0 aliphatic carbocycles. The molecule has 3 rings (SSSR count). The maximum absolute atomic E-state index is 12.4. The van der Waals surface area contributed by atoms with E-state index in [2.05, 4.69) is 20.3 Å². The number of hydrogen-bond acceptors (Lipinski definition) is 6. The number of fused-ring (bicyclic) bond motifs is 1. The van der Waals surface area contributed by atoms with Gasteiger partial charge in [-0.05, 0) is 45.7 Å². The van der Waals surface area contributed by atoms with Crippen LogP contribution in [0.4, 0.5) is 10.6 Å². The number of hydrogen-bond donors (Lipinski definition) is 1. The molecule has 1 N–H and O–H groups in total. The Balaban J connectivity index is 1.87. The van der Waals surface area contributed by atoms with Crippen molar-refractivity contribution in [2.24, 2.45) is 0 Å². The van der Waals surface area contributed by atoms with E-state index < -0.39 is 5.60 Å². The van der Waals surface area contributed by atoms with Crippen LogP contribution in [0.5, 0.6) is 0 Å². The zero-order valence-corrected chi connectivity index (χ0v) is 14.5. The Kier molecular flexibility index (Phi) is 4.26. The molecule has 3 heterocycles. The molecule has 0 aromatic carbocycles. The number of aromatic nitrogens is 3. The quantitative estimate of drug-likeness (QED) is 0.911. The molecule has 128 valence electrons. The molecule has 1 amide bonds. The lowest BCUT2D eigenvalue weighted by Gasteiger charge is -2.28. The number of likely N-dealkylation sites (tertiary alicyclic amines) is 1. The summed E-state index contributed by atoms with van der Waals surface area (Å²) < 4.78 is 5.51. The molecule has 2 aromatic rings. The second-order valence-corrected chi connectivity index (χ2v) is 6.92. The number of nitrogens with one attached hydrogen (secondary N) is 1. The van der Waals surface area contributed by atoms with Gasteiger partial charge in [0.15, 0.2) is 5.65 Å². The zero-order chi connectivity index (χ0) is 17.3. The standard InChI is InChI=1S/C17H23N5O2/c1-17(2,3)24-16(23)22-9-5-6-13(22)12-10-19-15-11(20-12)7-8-14(18-4)21-15/h7-8,10,13H,5-6,9H2,1-4H3,(H,18,19,21). The van der Waals surface area contributed by atoms with Gasteiger partial charge >= 0.3 is 6.09 Å². The number of pyridine rings is 1. The Hall–Kier alpha value is -2.44. The predicted molar refractivity (Wildman–Crippen MR) is 91.8 cm³/mol. The number of anilines is 1. The second-order valence-electron chi connectivity index (χ2n) is 6.92. The first-order valence-electron chi connectivity index (χ1n) is 8.18. The zero-order valence-electron chi connectivity index (χ0n) is 14.5. The summed E-state index contributed by atoms with van der Waals surface area (Å²) in [4.78, 5) is 27.6. The largest absolute Gasteiger partial charge is 0.444 e. The highest BCUT2D eigenvalue weighted by Crippen LogP contribution is 2.32. The van der Waals surface area contributed by atoms with Crippen LogP contribution in [0.1, 0.15) is 45.3 Å². The lowest BCUT2D eigenvalue weighted by Crippen LogP contribution is -2.36. The summed E-state index contributed by atoms with van der Waals surface area (Å²) in [6.07, 6.45) is 3.21. The highest BCUT2D eigenvalue weighted by molar-refractivity contribution is 5.72. The average molecular weight is 329 g/mol. The first kappa shape index (κ1) is 16.4. The average Bonchev–Trinajstić information content (AvgIpc) is 3.02. The van der Waals surface area contributed by atoms with Gasteiger partial charge in [-0.3, -0.25) is 4.90 Å². The van der Waals surface area contributed by atoms with Gasteiger partial charge in [-0.15, -0.1) is 0 Å². The molecule has 1 atom stereocenters. The van der Waals surface area contributed by atoms with E-state index in [1.165, 1.54) is 0 Å². The second kappa shape index (κ2) is 6.22.